The Hall–Kier alpha value is -0.450. The van der Waals surface area contributed by atoms with Crippen LogP contribution < -0.4 is 10.6 Å². The predicted molar refractivity (Wildman–Crippen MR) is 76.0 cm³/mol. The molecule has 1 heterocycles. The van der Waals surface area contributed by atoms with Gasteiger partial charge in [0.25, 0.3) is 0 Å². The van der Waals surface area contributed by atoms with E-state index in [1.165, 1.54) is 5.56 Å². The molecule has 0 amide bonds. The summed E-state index contributed by atoms with van der Waals surface area (Å²) in [6.45, 7) is 8.57. The largest absolute Gasteiger partial charge is 0.316 e. The van der Waals surface area contributed by atoms with E-state index >= 15 is 0 Å². The second-order valence-corrected chi connectivity index (χ2v) is 5.56. The second-order valence-electron chi connectivity index (χ2n) is 4.64. The van der Waals surface area contributed by atoms with E-state index in [9.17, 15) is 0 Å². The summed E-state index contributed by atoms with van der Waals surface area (Å²) in [6.07, 6.45) is 4.86. The number of rotatable bonds is 8. The first kappa shape index (κ1) is 14.6. The molecule has 1 aromatic heterocycles. The van der Waals surface area contributed by atoms with E-state index in [4.69, 9.17) is 0 Å². The molecule has 96 valence electrons. The summed E-state index contributed by atoms with van der Waals surface area (Å²) < 4.78 is 1.04. The van der Waals surface area contributed by atoms with E-state index in [1.807, 2.05) is 6.20 Å². The van der Waals surface area contributed by atoms with Gasteiger partial charge in [-0.3, -0.25) is 4.98 Å². The lowest BCUT2D eigenvalue weighted by atomic mass is 10.2. The number of nitrogens with one attached hydrogen (secondary N) is 2. The summed E-state index contributed by atoms with van der Waals surface area (Å²) in [5.41, 5.74) is 1.22. The fourth-order valence-electron chi connectivity index (χ4n) is 1.51. The topological polar surface area (TPSA) is 37.0 Å². The van der Waals surface area contributed by atoms with E-state index in [0.29, 0.717) is 0 Å². The van der Waals surface area contributed by atoms with Gasteiger partial charge in [-0.15, -0.1) is 0 Å². The zero-order valence-electron chi connectivity index (χ0n) is 10.7. The Balaban J connectivity index is 2.01. The van der Waals surface area contributed by atoms with Crippen LogP contribution in [0.15, 0.2) is 22.9 Å². The van der Waals surface area contributed by atoms with E-state index < -0.39 is 0 Å². The molecule has 0 bridgehead atoms. The van der Waals surface area contributed by atoms with Gasteiger partial charge < -0.3 is 10.6 Å². The van der Waals surface area contributed by atoms with E-state index in [1.54, 1.807) is 6.20 Å². The zero-order chi connectivity index (χ0) is 12.5. The molecule has 0 atom stereocenters. The average molecular weight is 300 g/mol. The number of hydrogen-bond donors (Lipinski definition) is 2. The van der Waals surface area contributed by atoms with Gasteiger partial charge in [0.2, 0.25) is 0 Å². The van der Waals surface area contributed by atoms with Crippen molar-refractivity contribution in [1.82, 2.24) is 15.6 Å². The minimum absolute atomic E-state index is 0.732. The maximum absolute atomic E-state index is 4.13. The highest BCUT2D eigenvalue weighted by Crippen LogP contribution is 2.08. The molecule has 0 saturated carbocycles. The van der Waals surface area contributed by atoms with Crippen LogP contribution in [-0.4, -0.2) is 24.6 Å². The quantitative estimate of drug-likeness (QED) is 0.725. The van der Waals surface area contributed by atoms with Crippen LogP contribution >= 0.6 is 15.9 Å². The summed E-state index contributed by atoms with van der Waals surface area (Å²) in [4.78, 5) is 4.13. The molecular formula is C13H22BrN3. The number of hydrogen-bond acceptors (Lipinski definition) is 3. The zero-order valence-corrected chi connectivity index (χ0v) is 12.3. The average Bonchev–Trinajstić information content (AvgIpc) is 2.27. The predicted octanol–water partition coefficient (Wildman–Crippen LogP) is 2.57. The van der Waals surface area contributed by atoms with Crippen molar-refractivity contribution in [1.29, 1.82) is 0 Å². The van der Waals surface area contributed by atoms with Gasteiger partial charge in [0.05, 0.1) is 0 Å². The van der Waals surface area contributed by atoms with Crippen LogP contribution in [0.2, 0.25) is 0 Å². The Morgan fingerprint density at radius 2 is 2.00 bits per heavy atom. The van der Waals surface area contributed by atoms with Crippen LogP contribution in [0.1, 0.15) is 25.8 Å². The maximum Gasteiger partial charge on any atom is 0.0410 e. The first-order valence-electron chi connectivity index (χ1n) is 6.19. The number of halogens is 1. The minimum atomic E-state index is 0.732. The summed E-state index contributed by atoms with van der Waals surface area (Å²) in [7, 11) is 0. The first-order valence-corrected chi connectivity index (χ1v) is 6.98. The SMILES string of the molecule is CC(C)CNCCCNCc1cncc(Br)c1. The molecule has 0 unspecified atom stereocenters. The molecule has 3 nitrogen and oxygen atoms in total. The lowest BCUT2D eigenvalue weighted by Gasteiger charge is -2.08. The molecule has 1 aromatic rings. The molecule has 0 aliphatic rings. The van der Waals surface area contributed by atoms with Crippen molar-refractivity contribution in [3.05, 3.63) is 28.5 Å². The molecule has 0 aromatic carbocycles. The Kier molecular flexibility index (Phi) is 7.40. The molecule has 0 spiro atoms. The van der Waals surface area contributed by atoms with Crippen LogP contribution in [0.3, 0.4) is 0 Å². The van der Waals surface area contributed by atoms with Crippen molar-refractivity contribution in [2.24, 2.45) is 5.92 Å². The summed E-state index contributed by atoms with van der Waals surface area (Å²) in [5, 5.41) is 6.85. The first-order chi connectivity index (χ1) is 8.18. The van der Waals surface area contributed by atoms with Gasteiger partial charge in [-0.1, -0.05) is 13.8 Å². The van der Waals surface area contributed by atoms with Crippen molar-refractivity contribution < 1.29 is 0 Å². The molecule has 0 saturated heterocycles. The Bertz CT molecular complexity index is 315. The fourth-order valence-corrected chi connectivity index (χ4v) is 1.93. The molecular weight excluding hydrogens is 278 g/mol. The van der Waals surface area contributed by atoms with Crippen molar-refractivity contribution in [3.8, 4) is 0 Å². The lowest BCUT2D eigenvalue weighted by Crippen LogP contribution is -2.24. The molecule has 0 aliphatic heterocycles. The monoisotopic (exact) mass is 299 g/mol. The highest BCUT2D eigenvalue weighted by atomic mass is 79.9. The molecule has 0 fully saturated rings. The fraction of sp³-hybridized carbons (Fsp3) is 0.615. The van der Waals surface area contributed by atoms with Gasteiger partial charge in [-0.2, -0.15) is 0 Å². The van der Waals surface area contributed by atoms with Crippen molar-refractivity contribution in [2.45, 2.75) is 26.8 Å². The van der Waals surface area contributed by atoms with Gasteiger partial charge in [0.1, 0.15) is 0 Å². The minimum Gasteiger partial charge on any atom is -0.316 e. The Labute approximate surface area is 113 Å². The van der Waals surface area contributed by atoms with Crippen LogP contribution in [0.4, 0.5) is 0 Å². The molecule has 1 rings (SSSR count). The summed E-state index contributed by atoms with van der Waals surface area (Å²) in [6, 6.07) is 2.09. The maximum atomic E-state index is 4.13. The number of nitrogens with zero attached hydrogens (tertiary/aromatic N) is 1. The van der Waals surface area contributed by atoms with E-state index in [2.05, 4.69) is 51.5 Å². The van der Waals surface area contributed by atoms with Gasteiger partial charge in [-0.05, 0) is 59.5 Å². The van der Waals surface area contributed by atoms with Gasteiger partial charge in [0, 0.05) is 23.4 Å². The van der Waals surface area contributed by atoms with E-state index in [0.717, 1.165) is 43.0 Å². The van der Waals surface area contributed by atoms with Crippen LogP contribution in [0, 0.1) is 5.92 Å². The Morgan fingerprint density at radius 1 is 1.24 bits per heavy atom. The van der Waals surface area contributed by atoms with Crippen LogP contribution in [0.5, 0.6) is 0 Å². The van der Waals surface area contributed by atoms with Crippen molar-refractivity contribution in [3.63, 3.8) is 0 Å². The highest BCUT2D eigenvalue weighted by molar-refractivity contribution is 9.10. The third-order valence-electron chi connectivity index (χ3n) is 2.35. The third-order valence-corrected chi connectivity index (χ3v) is 2.78. The second kappa shape index (κ2) is 8.61. The number of pyridine rings is 1. The highest BCUT2D eigenvalue weighted by Gasteiger charge is 1.95. The van der Waals surface area contributed by atoms with Gasteiger partial charge in [0.15, 0.2) is 0 Å². The molecule has 2 N–H and O–H groups in total. The van der Waals surface area contributed by atoms with Crippen molar-refractivity contribution >= 4 is 15.9 Å². The molecule has 17 heavy (non-hydrogen) atoms. The van der Waals surface area contributed by atoms with Gasteiger partial charge >= 0.3 is 0 Å². The van der Waals surface area contributed by atoms with Crippen LogP contribution in [-0.2, 0) is 6.54 Å². The smallest absolute Gasteiger partial charge is 0.0410 e. The van der Waals surface area contributed by atoms with Crippen LogP contribution in [0.25, 0.3) is 0 Å². The van der Waals surface area contributed by atoms with Crippen molar-refractivity contribution in [2.75, 3.05) is 19.6 Å². The molecule has 0 aliphatic carbocycles. The lowest BCUT2D eigenvalue weighted by molar-refractivity contribution is 0.530. The summed E-state index contributed by atoms with van der Waals surface area (Å²) >= 11 is 3.42. The Morgan fingerprint density at radius 3 is 2.71 bits per heavy atom. The third kappa shape index (κ3) is 7.47. The molecule has 4 heteroatoms. The molecule has 0 radical (unpaired) electrons. The van der Waals surface area contributed by atoms with Gasteiger partial charge in [-0.25, -0.2) is 0 Å². The normalized spacial score (nSPS) is 11.1. The van der Waals surface area contributed by atoms with E-state index in [-0.39, 0.29) is 0 Å². The standard InChI is InChI=1S/C13H22BrN3/c1-11(2)7-15-4-3-5-16-8-12-6-13(14)10-17-9-12/h6,9-11,15-16H,3-5,7-8H2,1-2H3. The number of aromatic nitrogens is 1. The summed E-state index contributed by atoms with van der Waals surface area (Å²) in [5.74, 6) is 0.732.